The lowest BCUT2D eigenvalue weighted by Gasteiger charge is -2.23. The Labute approximate surface area is 175 Å². The summed E-state index contributed by atoms with van der Waals surface area (Å²) >= 11 is 0.813. The molecule has 0 atom stereocenters. The maximum atomic E-state index is 11.2. The van der Waals surface area contributed by atoms with Crippen LogP contribution in [0.4, 0.5) is 5.69 Å². The fourth-order valence-corrected chi connectivity index (χ4v) is 3.24. The summed E-state index contributed by atoms with van der Waals surface area (Å²) in [6.45, 7) is -2.20. The number of carbonyl (C=O) groups is 4. The van der Waals surface area contributed by atoms with Gasteiger partial charge in [-0.2, -0.15) is 0 Å². The molecule has 0 amide bonds. The third kappa shape index (κ3) is 5.05. The van der Waals surface area contributed by atoms with Crippen molar-refractivity contribution in [2.45, 2.75) is 0 Å². The van der Waals surface area contributed by atoms with Gasteiger partial charge in [-0.15, -0.1) is 11.3 Å². The molecule has 4 N–H and O–H groups in total. The van der Waals surface area contributed by atoms with Crippen molar-refractivity contribution < 1.29 is 48.8 Å². The van der Waals surface area contributed by atoms with Gasteiger partial charge in [0.05, 0.1) is 11.9 Å². The third-order valence-corrected chi connectivity index (χ3v) is 4.69. The molecule has 13 nitrogen and oxygen atoms in total. The van der Waals surface area contributed by atoms with E-state index in [-0.39, 0.29) is 38.3 Å². The van der Waals surface area contributed by atoms with E-state index >= 15 is 0 Å². The van der Waals surface area contributed by atoms with Crippen molar-refractivity contribution in [2.24, 2.45) is 0 Å². The fraction of sp³-hybridized carbons (Fsp3) is 0.176. The number of aliphatic carboxylic acids is 3. The van der Waals surface area contributed by atoms with Crippen molar-refractivity contribution in [1.82, 2.24) is 9.97 Å². The molecule has 2 heterocycles. The number of thiazole rings is 1. The van der Waals surface area contributed by atoms with E-state index < -0.39 is 43.6 Å². The molecular formula is C17H13N3O10S. The monoisotopic (exact) mass is 451 g/mol. The Hall–Kier alpha value is -4.20. The van der Waals surface area contributed by atoms with Crippen LogP contribution in [-0.2, 0) is 14.4 Å². The van der Waals surface area contributed by atoms with E-state index in [0.717, 1.165) is 22.4 Å². The van der Waals surface area contributed by atoms with Gasteiger partial charge in [0, 0.05) is 12.1 Å². The molecular weight excluding hydrogens is 438 g/mol. The van der Waals surface area contributed by atoms with E-state index in [1.165, 1.54) is 12.1 Å². The number of hydrogen-bond acceptors (Lipinski definition) is 10. The fourth-order valence-electron chi connectivity index (χ4n) is 2.56. The van der Waals surface area contributed by atoms with Crippen molar-refractivity contribution in [3.05, 3.63) is 23.2 Å². The van der Waals surface area contributed by atoms with E-state index in [9.17, 15) is 19.2 Å². The Kier molecular flexibility index (Phi) is 6.01. The third-order valence-electron chi connectivity index (χ3n) is 3.71. The van der Waals surface area contributed by atoms with Crippen molar-refractivity contribution in [3.8, 4) is 16.6 Å². The van der Waals surface area contributed by atoms with Gasteiger partial charge >= 0.3 is 23.9 Å². The highest BCUT2D eigenvalue weighted by molar-refractivity contribution is 7.16. The maximum absolute atomic E-state index is 11.2. The summed E-state index contributed by atoms with van der Waals surface area (Å²) in [5.41, 5.74) is 0.240. The summed E-state index contributed by atoms with van der Waals surface area (Å²) in [5.74, 6) is -5.29. The van der Waals surface area contributed by atoms with Crippen molar-refractivity contribution in [1.29, 1.82) is 0 Å². The van der Waals surface area contributed by atoms with Gasteiger partial charge in [-0.3, -0.25) is 9.59 Å². The van der Waals surface area contributed by atoms with E-state index in [4.69, 9.17) is 29.6 Å². The minimum absolute atomic E-state index is 0.0307. The van der Waals surface area contributed by atoms with Gasteiger partial charge in [0.2, 0.25) is 0 Å². The van der Waals surface area contributed by atoms with Crippen molar-refractivity contribution >= 4 is 52.0 Å². The Bertz CT molecular complexity index is 1170. The lowest BCUT2D eigenvalue weighted by Crippen LogP contribution is -2.34. The molecule has 0 aliphatic heterocycles. The van der Waals surface area contributed by atoms with Gasteiger partial charge < -0.3 is 34.5 Å². The second-order valence-electron chi connectivity index (χ2n) is 5.97. The van der Waals surface area contributed by atoms with Crippen LogP contribution in [0.5, 0.6) is 5.75 Å². The molecule has 3 aromatic rings. The lowest BCUT2D eigenvalue weighted by atomic mass is 10.2. The number of carboxylic acids is 4. The molecule has 31 heavy (non-hydrogen) atoms. The highest BCUT2D eigenvalue weighted by atomic mass is 32.1. The first-order chi connectivity index (χ1) is 14.6. The van der Waals surface area contributed by atoms with E-state index in [2.05, 4.69) is 9.97 Å². The zero-order valence-corrected chi connectivity index (χ0v) is 16.2. The van der Waals surface area contributed by atoms with Crippen molar-refractivity contribution in [2.75, 3.05) is 24.6 Å². The molecule has 0 spiro atoms. The smallest absolute Gasteiger partial charge is 0.347 e. The van der Waals surface area contributed by atoms with Gasteiger partial charge in [-0.05, 0) is 0 Å². The number of fused-ring (bicyclic) bond motifs is 1. The number of oxazole rings is 1. The van der Waals surface area contributed by atoms with Gasteiger partial charge in [0.15, 0.2) is 17.2 Å². The van der Waals surface area contributed by atoms with Gasteiger partial charge in [-0.1, -0.05) is 0 Å². The molecule has 0 aliphatic carbocycles. The Balaban J connectivity index is 2.10. The summed E-state index contributed by atoms with van der Waals surface area (Å²) in [4.78, 5) is 53.3. The second kappa shape index (κ2) is 8.66. The number of benzene rings is 1. The summed E-state index contributed by atoms with van der Waals surface area (Å²) in [6, 6.07) is 2.53. The van der Waals surface area contributed by atoms with Gasteiger partial charge in [-0.25, -0.2) is 19.6 Å². The number of nitrogens with zero attached hydrogens (tertiary/aromatic N) is 3. The molecule has 162 valence electrons. The van der Waals surface area contributed by atoms with Gasteiger partial charge in [0.1, 0.15) is 29.2 Å². The predicted molar refractivity (Wildman–Crippen MR) is 103 cm³/mol. The van der Waals surface area contributed by atoms with Crippen molar-refractivity contribution in [3.63, 3.8) is 0 Å². The van der Waals surface area contributed by atoms with Crippen LogP contribution in [0.15, 0.2) is 22.7 Å². The number of rotatable bonds is 10. The Morgan fingerprint density at radius 1 is 1.03 bits per heavy atom. The van der Waals surface area contributed by atoms with Crippen LogP contribution in [0.25, 0.3) is 22.0 Å². The predicted octanol–water partition coefficient (Wildman–Crippen LogP) is 1.09. The van der Waals surface area contributed by atoms with Crippen LogP contribution < -0.4 is 9.64 Å². The molecule has 3 rings (SSSR count). The number of ether oxygens (including phenoxy) is 1. The minimum atomic E-state index is -1.33. The van der Waals surface area contributed by atoms with E-state index in [0.29, 0.717) is 0 Å². The summed E-state index contributed by atoms with van der Waals surface area (Å²) in [6.07, 6.45) is 1.13. The number of carboxylic acid groups (broad SMARTS) is 4. The zero-order chi connectivity index (χ0) is 22.7. The van der Waals surface area contributed by atoms with E-state index in [1.54, 1.807) is 0 Å². The maximum Gasteiger partial charge on any atom is 0.347 e. The molecule has 1 aromatic carbocycles. The topological polar surface area (TPSA) is 201 Å². The average molecular weight is 451 g/mol. The van der Waals surface area contributed by atoms with Crippen LogP contribution in [0.1, 0.15) is 9.67 Å². The normalized spacial score (nSPS) is 10.7. The van der Waals surface area contributed by atoms with E-state index in [1.807, 2.05) is 0 Å². The SMILES string of the molecule is O=C(O)COc1cc2nc(-c3ncc(C(=O)O)s3)oc2cc1N(CC(=O)O)CC(=O)O. The van der Waals surface area contributed by atoms with Crippen LogP contribution in [0.3, 0.4) is 0 Å². The highest BCUT2D eigenvalue weighted by Gasteiger charge is 2.23. The minimum Gasteiger partial charge on any atom is -0.480 e. The largest absolute Gasteiger partial charge is 0.480 e. The van der Waals surface area contributed by atoms with Crippen LogP contribution in [0, 0.1) is 0 Å². The Morgan fingerprint density at radius 3 is 2.26 bits per heavy atom. The first kappa shape index (κ1) is 21.5. The number of aromatic carboxylic acids is 1. The Morgan fingerprint density at radius 2 is 1.71 bits per heavy atom. The molecule has 0 aliphatic rings. The summed E-state index contributed by atoms with van der Waals surface area (Å²) in [5, 5.41) is 36.3. The molecule has 14 heteroatoms. The first-order valence-corrected chi connectivity index (χ1v) is 9.13. The standard InChI is InChI=1S/C17H13N3O10S/c21-12(22)4-20(5-13(23)24)8-2-9-7(1-10(8)29-6-14(25)26)19-15(30-9)16-18-3-11(31-16)17(27)28/h1-3H,4-6H2,(H,21,22)(H,23,24)(H,25,26)(H,27,28). The zero-order valence-electron chi connectivity index (χ0n) is 15.3. The molecule has 0 unspecified atom stereocenters. The van der Waals surface area contributed by atoms with Crippen LogP contribution in [-0.4, -0.2) is 74.0 Å². The number of hydrogen-bond donors (Lipinski definition) is 4. The van der Waals surface area contributed by atoms with Crippen LogP contribution in [0.2, 0.25) is 0 Å². The molecule has 0 saturated heterocycles. The second-order valence-corrected chi connectivity index (χ2v) is 7.00. The lowest BCUT2D eigenvalue weighted by molar-refractivity contribution is -0.140. The number of anilines is 1. The van der Waals surface area contributed by atoms with Gasteiger partial charge in [0.25, 0.3) is 5.89 Å². The molecule has 0 bridgehead atoms. The summed E-state index contributed by atoms with van der Waals surface area (Å²) in [7, 11) is 0. The average Bonchev–Trinajstić information content (AvgIpc) is 3.30. The molecule has 2 aromatic heterocycles. The quantitative estimate of drug-likeness (QED) is 0.341. The highest BCUT2D eigenvalue weighted by Crippen LogP contribution is 2.36. The molecule has 0 radical (unpaired) electrons. The first-order valence-electron chi connectivity index (χ1n) is 8.31. The summed E-state index contributed by atoms with van der Waals surface area (Å²) < 4.78 is 10.8. The number of aromatic nitrogens is 2. The molecule has 0 fully saturated rings. The van der Waals surface area contributed by atoms with Crippen LogP contribution >= 0.6 is 11.3 Å². The molecule has 0 saturated carbocycles.